The Kier molecular flexibility index (Phi) is 3.89. The van der Waals surface area contributed by atoms with Crippen molar-refractivity contribution in [1.82, 2.24) is 0 Å². The minimum absolute atomic E-state index is 0.176. The predicted octanol–water partition coefficient (Wildman–Crippen LogP) is 3.33. The first-order valence-electron chi connectivity index (χ1n) is 5.41. The second kappa shape index (κ2) is 4.96. The van der Waals surface area contributed by atoms with Gasteiger partial charge >= 0.3 is 0 Å². The van der Waals surface area contributed by atoms with Crippen molar-refractivity contribution in [1.29, 1.82) is 0 Å². The Balaban J connectivity index is 2.93. The molecule has 0 aliphatic carbocycles. The van der Waals surface area contributed by atoms with Gasteiger partial charge in [0.2, 0.25) is 6.41 Å². The van der Waals surface area contributed by atoms with Crippen molar-refractivity contribution < 1.29 is 4.79 Å². The molecule has 1 aromatic rings. The fourth-order valence-electron chi connectivity index (χ4n) is 1.87. The molecule has 2 heteroatoms. The lowest BCUT2D eigenvalue weighted by Crippen LogP contribution is -2.16. The molecule has 0 bridgehead atoms. The standard InChI is InChI=1S/C13H19NO/c1-4-8-13(2,3)11-6-5-7-12(9-11)14-10-15/h5-7,9-10H,4,8H2,1-3H3,(H,14,15). The molecular weight excluding hydrogens is 186 g/mol. The molecule has 15 heavy (non-hydrogen) atoms. The minimum atomic E-state index is 0.176. The van der Waals surface area contributed by atoms with Crippen LogP contribution in [0.4, 0.5) is 5.69 Å². The van der Waals surface area contributed by atoms with Crippen LogP contribution in [0.25, 0.3) is 0 Å². The van der Waals surface area contributed by atoms with E-state index in [4.69, 9.17) is 0 Å². The number of anilines is 1. The molecule has 82 valence electrons. The van der Waals surface area contributed by atoms with E-state index in [1.165, 1.54) is 12.0 Å². The number of hydrogen-bond acceptors (Lipinski definition) is 1. The molecule has 0 saturated carbocycles. The normalized spacial score (nSPS) is 11.1. The van der Waals surface area contributed by atoms with Gasteiger partial charge in [0.05, 0.1) is 0 Å². The van der Waals surface area contributed by atoms with Gasteiger partial charge < -0.3 is 5.32 Å². The van der Waals surface area contributed by atoms with Gasteiger partial charge in [-0.1, -0.05) is 39.3 Å². The number of amides is 1. The zero-order valence-corrected chi connectivity index (χ0v) is 9.71. The third kappa shape index (κ3) is 3.08. The fraction of sp³-hybridized carbons (Fsp3) is 0.462. The zero-order chi connectivity index (χ0) is 11.3. The van der Waals surface area contributed by atoms with Crippen LogP contribution in [0.1, 0.15) is 39.2 Å². The maximum atomic E-state index is 10.3. The Labute approximate surface area is 91.7 Å². The van der Waals surface area contributed by atoms with E-state index in [1.807, 2.05) is 18.2 Å². The molecule has 0 heterocycles. The van der Waals surface area contributed by atoms with Gasteiger partial charge in [0, 0.05) is 5.69 Å². The topological polar surface area (TPSA) is 29.1 Å². The van der Waals surface area contributed by atoms with Crippen molar-refractivity contribution in [2.24, 2.45) is 0 Å². The van der Waals surface area contributed by atoms with Gasteiger partial charge in [-0.05, 0) is 29.5 Å². The number of benzene rings is 1. The van der Waals surface area contributed by atoms with E-state index in [0.29, 0.717) is 6.41 Å². The largest absolute Gasteiger partial charge is 0.329 e. The second-order valence-electron chi connectivity index (χ2n) is 4.48. The first kappa shape index (κ1) is 11.8. The molecule has 0 aromatic heterocycles. The summed E-state index contributed by atoms with van der Waals surface area (Å²) < 4.78 is 0. The smallest absolute Gasteiger partial charge is 0.211 e. The third-order valence-corrected chi connectivity index (χ3v) is 2.74. The summed E-state index contributed by atoms with van der Waals surface area (Å²) in [6, 6.07) is 8.05. The van der Waals surface area contributed by atoms with Gasteiger partial charge in [-0.15, -0.1) is 0 Å². The number of carbonyl (C=O) groups excluding carboxylic acids is 1. The Morgan fingerprint density at radius 2 is 2.13 bits per heavy atom. The summed E-state index contributed by atoms with van der Waals surface area (Å²) in [5.41, 5.74) is 2.32. The maximum Gasteiger partial charge on any atom is 0.211 e. The van der Waals surface area contributed by atoms with E-state index in [0.717, 1.165) is 12.1 Å². The summed E-state index contributed by atoms with van der Waals surface area (Å²) in [6.45, 7) is 6.66. The molecule has 1 aromatic carbocycles. The minimum Gasteiger partial charge on any atom is -0.329 e. The average Bonchev–Trinajstić information content (AvgIpc) is 2.19. The molecule has 0 aliphatic heterocycles. The summed E-state index contributed by atoms with van der Waals surface area (Å²) in [6.07, 6.45) is 3.03. The highest BCUT2D eigenvalue weighted by Gasteiger charge is 2.19. The van der Waals surface area contributed by atoms with E-state index in [9.17, 15) is 4.79 Å². The molecule has 1 N–H and O–H groups in total. The van der Waals surface area contributed by atoms with Crippen molar-refractivity contribution in [3.63, 3.8) is 0 Å². The summed E-state index contributed by atoms with van der Waals surface area (Å²) in [5, 5.41) is 2.68. The van der Waals surface area contributed by atoms with E-state index >= 15 is 0 Å². The molecule has 1 rings (SSSR count). The van der Waals surface area contributed by atoms with Crippen molar-refractivity contribution in [3.05, 3.63) is 29.8 Å². The highest BCUT2D eigenvalue weighted by molar-refractivity contribution is 5.71. The van der Waals surface area contributed by atoms with Crippen LogP contribution >= 0.6 is 0 Å². The Morgan fingerprint density at radius 3 is 2.73 bits per heavy atom. The Morgan fingerprint density at radius 1 is 1.40 bits per heavy atom. The van der Waals surface area contributed by atoms with E-state index in [-0.39, 0.29) is 5.41 Å². The highest BCUT2D eigenvalue weighted by Crippen LogP contribution is 2.29. The lowest BCUT2D eigenvalue weighted by molar-refractivity contribution is -0.105. The quantitative estimate of drug-likeness (QED) is 0.734. The fourth-order valence-corrected chi connectivity index (χ4v) is 1.87. The molecule has 0 saturated heterocycles. The van der Waals surface area contributed by atoms with Crippen molar-refractivity contribution >= 4 is 12.1 Å². The van der Waals surface area contributed by atoms with Gasteiger partial charge in [-0.3, -0.25) is 4.79 Å². The predicted molar refractivity (Wildman–Crippen MR) is 64.1 cm³/mol. The second-order valence-corrected chi connectivity index (χ2v) is 4.48. The van der Waals surface area contributed by atoms with Crippen molar-refractivity contribution in [2.75, 3.05) is 5.32 Å². The number of rotatable bonds is 5. The third-order valence-electron chi connectivity index (χ3n) is 2.74. The summed E-state index contributed by atoms with van der Waals surface area (Å²) in [4.78, 5) is 10.3. The first-order chi connectivity index (χ1) is 7.10. The van der Waals surface area contributed by atoms with Crippen LogP contribution in [0, 0.1) is 0 Å². The molecular formula is C13H19NO. The van der Waals surface area contributed by atoms with Crippen LogP contribution < -0.4 is 5.32 Å². The monoisotopic (exact) mass is 205 g/mol. The average molecular weight is 205 g/mol. The van der Waals surface area contributed by atoms with Crippen LogP contribution in [0.2, 0.25) is 0 Å². The molecule has 0 spiro atoms. The van der Waals surface area contributed by atoms with Crippen LogP contribution in [0.15, 0.2) is 24.3 Å². The maximum absolute atomic E-state index is 10.3. The van der Waals surface area contributed by atoms with E-state index in [1.54, 1.807) is 0 Å². The number of carbonyl (C=O) groups is 1. The lowest BCUT2D eigenvalue weighted by atomic mass is 9.80. The Bertz CT molecular complexity index is 331. The summed E-state index contributed by atoms with van der Waals surface area (Å²) >= 11 is 0. The summed E-state index contributed by atoms with van der Waals surface area (Å²) in [7, 11) is 0. The van der Waals surface area contributed by atoms with Crippen LogP contribution in [-0.2, 0) is 10.2 Å². The molecule has 0 aliphatic rings. The number of hydrogen-bond donors (Lipinski definition) is 1. The van der Waals surface area contributed by atoms with Gasteiger partial charge in [0.1, 0.15) is 0 Å². The molecule has 0 fully saturated rings. The van der Waals surface area contributed by atoms with Crippen LogP contribution in [0.5, 0.6) is 0 Å². The van der Waals surface area contributed by atoms with Crippen LogP contribution in [0.3, 0.4) is 0 Å². The lowest BCUT2D eigenvalue weighted by Gasteiger charge is -2.25. The SMILES string of the molecule is CCCC(C)(C)c1cccc(NC=O)c1. The molecule has 0 radical (unpaired) electrons. The van der Waals surface area contributed by atoms with Crippen LogP contribution in [-0.4, -0.2) is 6.41 Å². The zero-order valence-electron chi connectivity index (χ0n) is 9.71. The molecule has 1 amide bonds. The van der Waals surface area contributed by atoms with Gasteiger partial charge in [0.15, 0.2) is 0 Å². The van der Waals surface area contributed by atoms with Gasteiger partial charge in [0.25, 0.3) is 0 Å². The van der Waals surface area contributed by atoms with Crippen molar-refractivity contribution in [2.45, 2.75) is 39.0 Å². The highest BCUT2D eigenvalue weighted by atomic mass is 16.1. The Hall–Kier alpha value is -1.31. The summed E-state index contributed by atoms with van der Waals surface area (Å²) in [5.74, 6) is 0. The molecule has 0 unspecified atom stereocenters. The first-order valence-corrected chi connectivity index (χ1v) is 5.41. The van der Waals surface area contributed by atoms with E-state index in [2.05, 4.69) is 32.2 Å². The van der Waals surface area contributed by atoms with Gasteiger partial charge in [-0.2, -0.15) is 0 Å². The van der Waals surface area contributed by atoms with Crippen molar-refractivity contribution in [3.8, 4) is 0 Å². The molecule has 2 nitrogen and oxygen atoms in total. The number of nitrogens with one attached hydrogen (secondary N) is 1. The van der Waals surface area contributed by atoms with E-state index < -0.39 is 0 Å². The van der Waals surface area contributed by atoms with Gasteiger partial charge in [-0.25, -0.2) is 0 Å². The molecule has 0 atom stereocenters.